The molecular weight excluding hydrogens is 152 g/mol. The van der Waals surface area contributed by atoms with Crippen LogP contribution in [0.25, 0.3) is 0 Å². The lowest BCUT2D eigenvalue weighted by Crippen LogP contribution is -2.57. The van der Waals surface area contributed by atoms with Gasteiger partial charge in [-0.2, -0.15) is 5.12 Å². The van der Waals surface area contributed by atoms with Gasteiger partial charge in [0, 0.05) is 6.04 Å². The Labute approximate surface area is 74.4 Å². The summed E-state index contributed by atoms with van der Waals surface area (Å²) in [5.41, 5.74) is 0. The van der Waals surface area contributed by atoms with E-state index in [1.807, 2.05) is 0 Å². The average molecular weight is 172 g/mol. The fourth-order valence-corrected chi connectivity index (χ4v) is 2.04. The van der Waals surface area contributed by atoms with Crippen molar-refractivity contribution in [1.29, 1.82) is 0 Å². The number of likely N-dealkylation sites (N-methyl/N-ethyl adjacent to an activating group) is 1. The van der Waals surface area contributed by atoms with Crippen LogP contribution in [-0.4, -0.2) is 36.2 Å². The maximum Gasteiger partial charge on any atom is 0.0550 e. The summed E-state index contributed by atoms with van der Waals surface area (Å²) in [5.74, 6) is 11.2. The molecular formula is C8H20N4. The number of nitrogens with zero attached hydrogens (tertiary/aromatic N) is 2. The third-order valence-electron chi connectivity index (χ3n) is 2.74. The number of hydrogen-bond donors (Lipinski definition) is 2. The van der Waals surface area contributed by atoms with Gasteiger partial charge in [-0.25, -0.2) is 0 Å². The molecule has 0 aromatic carbocycles. The van der Waals surface area contributed by atoms with Crippen molar-refractivity contribution in [3.05, 3.63) is 0 Å². The molecule has 0 bridgehead atoms. The second-order valence-electron chi connectivity index (χ2n) is 3.83. The molecule has 0 saturated heterocycles. The molecule has 4 N–H and O–H groups in total. The molecule has 1 aliphatic carbocycles. The lowest BCUT2D eigenvalue weighted by Gasteiger charge is -2.38. The molecule has 0 spiro atoms. The van der Waals surface area contributed by atoms with Crippen LogP contribution in [0.2, 0.25) is 0 Å². The predicted octanol–water partition coefficient (Wildman–Crippen LogP) is -0.0914. The van der Waals surface area contributed by atoms with Crippen molar-refractivity contribution in [3.63, 3.8) is 0 Å². The summed E-state index contributed by atoms with van der Waals surface area (Å²) in [6.07, 6.45) is 4.88. The van der Waals surface area contributed by atoms with E-state index < -0.39 is 0 Å². The van der Waals surface area contributed by atoms with Crippen molar-refractivity contribution in [3.8, 4) is 0 Å². The predicted molar refractivity (Wildman–Crippen MR) is 49.9 cm³/mol. The van der Waals surface area contributed by atoms with Gasteiger partial charge in [-0.15, -0.1) is 0 Å². The van der Waals surface area contributed by atoms with E-state index in [9.17, 15) is 0 Å². The minimum absolute atomic E-state index is 0.328. The number of hydrogen-bond acceptors (Lipinski definition) is 4. The SMILES string of the molecule is CN(C)C1CCCCC1N(N)N. The zero-order valence-corrected chi connectivity index (χ0v) is 8.03. The van der Waals surface area contributed by atoms with E-state index in [0.29, 0.717) is 12.1 Å². The topological polar surface area (TPSA) is 58.5 Å². The summed E-state index contributed by atoms with van der Waals surface area (Å²) in [7, 11) is 4.18. The first-order chi connectivity index (χ1) is 5.63. The highest BCUT2D eigenvalue weighted by molar-refractivity contribution is 4.84. The van der Waals surface area contributed by atoms with Crippen LogP contribution in [-0.2, 0) is 0 Å². The maximum atomic E-state index is 5.58. The fourth-order valence-electron chi connectivity index (χ4n) is 2.04. The Morgan fingerprint density at radius 2 is 1.50 bits per heavy atom. The molecule has 1 rings (SSSR count). The smallest absolute Gasteiger partial charge is 0.0550 e. The Kier molecular flexibility index (Phi) is 3.46. The van der Waals surface area contributed by atoms with Crippen LogP contribution in [0.15, 0.2) is 0 Å². The van der Waals surface area contributed by atoms with Crippen molar-refractivity contribution < 1.29 is 0 Å². The molecule has 0 radical (unpaired) electrons. The first-order valence-corrected chi connectivity index (χ1v) is 4.58. The van der Waals surface area contributed by atoms with E-state index in [4.69, 9.17) is 11.7 Å². The molecule has 4 heteroatoms. The van der Waals surface area contributed by atoms with Crippen LogP contribution in [0.3, 0.4) is 0 Å². The molecule has 1 fully saturated rings. The summed E-state index contributed by atoms with van der Waals surface area (Å²) in [5, 5.41) is 1.38. The molecule has 4 nitrogen and oxygen atoms in total. The highest BCUT2D eigenvalue weighted by atomic mass is 15.6. The molecule has 0 aromatic rings. The standard InChI is InChI=1S/C8H20N4/c1-11(2)7-5-3-4-6-8(7)12(9)10/h7-8H,3-6,9-10H2,1-2H3. The third kappa shape index (κ3) is 2.17. The molecule has 2 unspecified atom stereocenters. The van der Waals surface area contributed by atoms with Gasteiger partial charge in [-0.3, -0.25) is 11.7 Å². The highest BCUT2D eigenvalue weighted by Gasteiger charge is 2.28. The second kappa shape index (κ2) is 4.18. The fraction of sp³-hybridized carbons (Fsp3) is 1.00. The number of rotatable bonds is 2. The summed E-state index contributed by atoms with van der Waals surface area (Å²) in [6, 6.07) is 0.850. The lowest BCUT2D eigenvalue weighted by atomic mass is 9.90. The van der Waals surface area contributed by atoms with Gasteiger partial charge < -0.3 is 4.90 Å². The maximum absolute atomic E-state index is 5.58. The van der Waals surface area contributed by atoms with Crippen molar-refractivity contribution in [2.24, 2.45) is 11.7 Å². The van der Waals surface area contributed by atoms with Gasteiger partial charge in [0.1, 0.15) is 0 Å². The Balaban J connectivity index is 2.54. The van der Waals surface area contributed by atoms with E-state index in [1.54, 1.807) is 0 Å². The molecule has 0 heterocycles. The molecule has 1 saturated carbocycles. The molecule has 12 heavy (non-hydrogen) atoms. The molecule has 0 amide bonds. The van der Waals surface area contributed by atoms with Crippen LogP contribution in [0.4, 0.5) is 0 Å². The third-order valence-corrected chi connectivity index (χ3v) is 2.74. The lowest BCUT2D eigenvalue weighted by molar-refractivity contribution is 0.0739. The van der Waals surface area contributed by atoms with Gasteiger partial charge in [0.2, 0.25) is 0 Å². The van der Waals surface area contributed by atoms with E-state index in [0.717, 1.165) is 6.42 Å². The first-order valence-electron chi connectivity index (χ1n) is 4.58. The van der Waals surface area contributed by atoms with E-state index in [2.05, 4.69) is 19.0 Å². The van der Waals surface area contributed by atoms with Gasteiger partial charge in [0.25, 0.3) is 0 Å². The van der Waals surface area contributed by atoms with Crippen molar-refractivity contribution in [1.82, 2.24) is 10.0 Å². The summed E-state index contributed by atoms with van der Waals surface area (Å²) in [4.78, 5) is 2.22. The minimum Gasteiger partial charge on any atom is -0.305 e. The van der Waals surface area contributed by atoms with E-state index in [1.165, 1.54) is 24.4 Å². The number of nitrogens with two attached hydrogens (primary N) is 2. The average Bonchev–Trinajstić information content (AvgIpc) is 2.04. The van der Waals surface area contributed by atoms with E-state index in [-0.39, 0.29) is 0 Å². The van der Waals surface area contributed by atoms with Gasteiger partial charge in [0.05, 0.1) is 6.04 Å². The largest absolute Gasteiger partial charge is 0.305 e. The van der Waals surface area contributed by atoms with Crippen LogP contribution in [0.5, 0.6) is 0 Å². The Morgan fingerprint density at radius 1 is 1.00 bits per heavy atom. The van der Waals surface area contributed by atoms with Crippen LogP contribution in [0.1, 0.15) is 25.7 Å². The Hall–Kier alpha value is -0.160. The van der Waals surface area contributed by atoms with Crippen molar-refractivity contribution >= 4 is 0 Å². The normalized spacial score (nSPS) is 31.5. The van der Waals surface area contributed by atoms with E-state index >= 15 is 0 Å². The zero-order valence-electron chi connectivity index (χ0n) is 8.03. The van der Waals surface area contributed by atoms with Gasteiger partial charge in [-0.05, 0) is 26.9 Å². The van der Waals surface area contributed by atoms with Crippen molar-refractivity contribution in [2.45, 2.75) is 37.8 Å². The molecule has 72 valence electrons. The highest BCUT2D eigenvalue weighted by Crippen LogP contribution is 2.23. The Bertz CT molecular complexity index is 119. The van der Waals surface area contributed by atoms with Crippen molar-refractivity contribution in [2.75, 3.05) is 14.1 Å². The quantitative estimate of drug-likeness (QED) is 0.451. The molecule has 0 aliphatic heterocycles. The van der Waals surface area contributed by atoms with Crippen LogP contribution < -0.4 is 11.7 Å². The monoisotopic (exact) mass is 172 g/mol. The minimum atomic E-state index is 0.328. The summed E-state index contributed by atoms with van der Waals surface area (Å²) < 4.78 is 0. The summed E-state index contributed by atoms with van der Waals surface area (Å²) in [6.45, 7) is 0. The van der Waals surface area contributed by atoms with Gasteiger partial charge >= 0.3 is 0 Å². The van der Waals surface area contributed by atoms with Crippen LogP contribution in [0, 0.1) is 0 Å². The number of hydrazine groups is 2. The van der Waals surface area contributed by atoms with Gasteiger partial charge in [0.15, 0.2) is 0 Å². The summed E-state index contributed by atoms with van der Waals surface area (Å²) >= 11 is 0. The first kappa shape index (κ1) is 9.92. The van der Waals surface area contributed by atoms with Crippen LogP contribution >= 0.6 is 0 Å². The molecule has 0 aromatic heterocycles. The molecule has 1 aliphatic rings. The second-order valence-corrected chi connectivity index (χ2v) is 3.83. The van der Waals surface area contributed by atoms with Gasteiger partial charge in [-0.1, -0.05) is 12.8 Å². The Morgan fingerprint density at radius 3 is 1.83 bits per heavy atom. The zero-order chi connectivity index (χ0) is 9.14. The molecule has 2 atom stereocenters.